The van der Waals surface area contributed by atoms with Crippen LogP contribution in [0, 0.1) is 0 Å². The van der Waals surface area contributed by atoms with Crippen LogP contribution in [-0.2, 0) is 5.41 Å². The van der Waals surface area contributed by atoms with E-state index in [-0.39, 0.29) is 10.8 Å². The van der Waals surface area contributed by atoms with Gasteiger partial charge in [-0.05, 0) is 110 Å². The molecule has 8 aromatic carbocycles. The second-order valence-electron chi connectivity index (χ2n) is 15.3. The molecule has 9 aromatic rings. The number of nitrogens with zero attached hydrogens (tertiary/aromatic N) is 1. The van der Waals surface area contributed by atoms with Crippen LogP contribution in [0.15, 0.2) is 185 Å². The van der Waals surface area contributed by atoms with Crippen molar-refractivity contribution in [3.8, 4) is 56.0 Å². The Balaban J connectivity index is 1.06. The van der Waals surface area contributed by atoms with Crippen LogP contribution in [0.5, 0.6) is 11.5 Å². The molecule has 266 valence electrons. The summed E-state index contributed by atoms with van der Waals surface area (Å²) in [4.78, 5) is 16.5. The van der Waals surface area contributed by atoms with Crippen LogP contribution in [0.25, 0.3) is 66.4 Å². The normalized spacial score (nSPS) is 13.5. The number of ether oxygens (including phenoxy) is 1. The highest BCUT2D eigenvalue weighted by Gasteiger charge is 2.42. The third-order valence-corrected chi connectivity index (χ3v) is 11.6. The van der Waals surface area contributed by atoms with Gasteiger partial charge in [0, 0.05) is 5.41 Å². The molecule has 1 aromatic heterocycles. The fourth-order valence-electron chi connectivity index (χ4n) is 8.79. The molecule has 56 heavy (non-hydrogen) atoms. The lowest BCUT2D eigenvalue weighted by Crippen LogP contribution is -2.32. The average Bonchev–Trinajstić information content (AvgIpc) is 3.25. The van der Waals surface area contributed by atoms with E-state index in [0.29, 0.717) is 21.9 Å². The van der Waals surface area contributed by atoms with Gasteiger partial charge in [0.15, 0.2) is 11.5 Å². The molecule has 0 saturated heterocycles. The Labute approximate surface area is 324 Å². The SMILES string of the molecule is CC1(C)c2ccccc2N2c3ccc(-c4ccc5oc6ccc(-c7ccccc7)cc6c(=O)c5c4)cc3Oc3cc(-c4ccccc4-c4ccccc4)cc1c32. The van der Waals surface area contributed by atoms with Crippen LogP contribution < -0.4 is 15.1 Å². The third-order valence-electron chi connectivity index (χ3n) is 11.6. The summed E-state index contributed by atoms with van der Waals surface area (Å²) in [6.45, 7) is 4.62. The first kappa shape index (κ1) is 32.3. The fourth-order valence-corrected chi connectivity index (χ4v) is 8.79. The number of hydrogen-bond acceptors (Lipinski definition) is 4. The van der Waals surface area contributed by atoms with Crippen LogP contribution in [0.2, 0.25) is 0 Å². The van der Waals surface area contributed by atoms with E-state index in [1.807, 2.05) is 66.7 Å². The van der Waals surface area contributed by atoms with Gasteiger partial charge in [0.25, 0.3) is 0 Å². The maximum atomic E-state index is 14.1. The monoisotopic (exact) mass is 721 g/mol. The van der Waals surface area contributed by atoms with E-state index < -0.39 is 0 Å². The quantitative estimate of drug-likeness (QED) is 0.170. The zero-order valence-electron chi connectivity index (χ0n) is 30.9. The minimum atomic E-state index is -0.284. The highest BCUT2D eigenvalue weighted by molar-refractivity contribution is 5.98. The Hall–Kier alpha value is -7.17. The van der Waals surface area contributed by atoms with Crippen molar-refractivity contribution in [2.45, 2.75) is 19.3 Å². The second-order valence-corrected chi connectivity index (χ2v) is 15.3. The van der Waals surface area contributed by atoms with Crippen LogP contribution in [-0.4, -0.2) is 0 Å². The Kier molecular flexibility index (Phi) is 7.02. The van der Waals surface area contributed by atoms with Crippen LogP contribution in [0.4, 0.5) is 17.1 Å². The zero-order chi connectivity index (χ0) is 37.5. The van der Waals surface area contributed by atoms with Gasteiger partial charge in [-0.3, -0.25) is 4.79 Å². The van der Waals surface area contributed by atoms with Gasteiger partial charge in [-0.25, -0.2) is 0 Å². The van der Waals surface area contributed by atoms with E-state index in [1.54, 1.807) is 0 Å². The van der Waals surface area contributed by atoms with Gasteiger partial charge in [-0.1, -0.05) is 135 Å². The largest absolute Gasteiger partial charge is 0.456 e. The third kappa shape index (κ3) is 4.89. The van der Waals surface area contributed by atoms with Crippen molar-refractivity contribution >= 4 is 39.0 Å². The predicted octanol–water partition coefficient (Wildman–Crippen LogP) is 13.8. The Morgan fingerprint density at radius 3 is 1.71 bits per heavy atom. The summed E-state index contributed by atoms with van der Waals surface area (Å²) in [5.74, 6) is 1.56. The number of hydrogen-bond donors (Lipinski definition) is 0. The minimum absolute atomic E-state index is 0.0487. The van der Waals surface area contributed by atoms with Crippen molar-refractivity contribution in [3.05, 3.63) is 197 Å². The highest BCUT2D eigenvalue weighted by atomic mass is 16.5. The molecule has 0 unspecified atom stereocenters. The molecule has 0 N–H and O–H groups in total. The van der Waals surface area contributed by atoms with Crippen molar-refractivity contribution in [1.82, 2.24) is 0 Å². The summed E-state index contributed by atoms with van der Waals surface area (Å²) in [5, 5.41) is 1.11. The number of fused-ring (bicyclic) bond motifs is 6. The molecule has 3 heterocycles. The molecule has 2 aliphatic heterocycles. The first-order valence-corrected chi connectivity index (χ1v) is 19.0. The molecule has 2 aliphatic rings. The van der Waals surface area contributed by atoms with Crippen molar-refractivity contribution in [2.75, 3.05) is 4.90 Å². The predicted molar refractivity (Wildman–Crippen MR) is 229 cm³/mol. The summed E-state index contributed by atoms with van der Waals surface area (Å²) in [6, 6.07) is 60.6. The van der Waals surface area contributed by atoms with Gasteiger partial charge in [-0.2, -0.15) is 0 Å². The van der Waals surface area contributed by atoms with Crippen LogP contribution in [0.3, 0.4) is 0 Å². The van der Waals surface area contributed by atoms with Gasteiger partial charge in [-0.15, -0.1) is 0 Å². The number of anilines is 3. The Bertz CT molecular complexity index is 3110. The van der Waals surface area contributed by atoms with Crippen LogP contribution >= 0.6 is 0 Å². The summed E-state index contributed by atoms with van der Waals surface area (Å²) < 4.78 is 13.3. The topological polar surface area (TPSA) is 42.7 Å². The number of para-hydroxylation sites is 1. The fraction of sp³-hybridized carbons (Fsp3) is 0.0577. The minimum Gasteiger partial charge on any atom is -0.456 e. The lowest BCUT2D eigenvalue weighted by molar-refractivity contribution is 0.472. The van der Waals surface area contributed by atoms with E-state index in [1.165, 1.54) is 22.3 Å². The first-order chi connectivity index (χ1) is 27.4. The molecule has 0 aliphatic carbocycles. The van der Waals surface area contributed by atoms with Crippen molar-refractivity contribution in [2.24, 2.45) is 0 Å². The highest BCUT2D eigenvalue weighted by Crippen LogP contribution is 2.61. The van der Waals surface area contributed by atoms with Gasteiger partial charge in [0.05, 0.1) is 27.8 Å². The summed E-state index contributed by atoms with van der Waals surface area (Å²) in [7, 11) is 0. The van der Waals surface area contributed by atoms with Gasteiger partial charge in [0.2, 0.25) is 5.43 Å². The lowest BCUT2D eigenvalue weighted by atomic mass is 9.72. The lowest BCUT2D eigenvalue weighted by Gasteiger charge is -2.45. The van der Waals surface area contributed by atoms with Crippen LogP contribution in [0.1, 0.15) is 25.0 Å². The second kappa shape index (κ2) is 12.2. The van der Waals surface area contributed by atoms with Crippen molar-refractivity contribution in [1.29, 1.82) is 0 Å². The van der Waals surface area contributed by atoms with E-state index in [2.05, 4.69) is 128 Å². The molecule has 0 bridgehead atoms. The number of rotatable bonds is 4. The molecule has 0 atom stereocenters. The average molecular weight is 722 g/mol. The van der Waals surface area contributed by atoms with E-state index in [0.717, 1.165) is 61.9 Å². The maximum absolute atomic E-state index is 14.1. The summed E-state index contributed by atoms with van der Waals surface area (Å²) >= 11 is 0. The molecule has 0 spiro atoms. The molecule has 4 heteroatoms. The number of benzene rings is 8. The molecule has 4 nitrogen and oxygen atoms in total. The van der Waals surface area contributed by atoms with Gasteiger partial charge >= 0.3 is 0 Å². The molecule has 0 radical (unpaired) electrons. The Morgan fingerprint density at radius 2 is 1.00 bits per heavy atom. The first-order valence-electron chi connectivity index (χ1n) is 19.0. The van der Waals surface area contributed by atoms with Gasteiger partial charge in [0.1, 0.15) is 11.2 Å². The summed E-state index contributed by atoms with van der Waals surface area (Å²) in [6.07, 6.45) is 0. The molecular formula is C52H35NO3. The van der Waals surface area contributed by atoms with Crippen molar-refractivity contribution < 1.29 is 9.15 Å². The van der Waals surface area contributed by atoms with E-state index in [4.69, 9.17) is 9.15 Å². The van der Waals surface area contributed by atoms with Crippen molar-refractivity contribution in [3.63, 3.8) is 0 Å². The zero-order valence-corrected chi connectivity index (χ0v) is 30.9. The smallest absolute Gasteiger partial charge is 0.200 e. The summed E-state index contributed by atoms with van der Waals surface area (Å²) in [5.41, 5.74) is 15.0. The van der Waals surface area contributed by atoms with Gasteiger partial charge < -0.3 is 14.1 Å². The molecule has 0 saturated carbocycles. The van der Waals surface area contributed by atoms with E-state index >= 15 is 0 Å². The van der Waals surface area contributed by atoms with E-state index in [9.17, 15) is 4.79 Å². The molecule has 11 rings (SSSR count). The maximum Gasteiger partial charge on any atom is 0.200 e. The molecule has 0 fully saturated rings. The standard InChI is InChI=1S/C52H35NO3/c1-52(2)42-19-11-12-20-44(42)53-45-24-21-36(35-23-26-47-41(28-35)51(54)40-27-34(22-25-46(40)55-47)32-13-5-3-6-14-32)30-48(45)56-49-31-37(29-43(52)50(49)53)39-18-10-9-17-38(39)33-15-7-4-8-16-33/h3-31H,1-2H3. The molecular weight excluding hydrogens is 687 g/mol. The Morgan fingerprint density at radius 1 is 0.446 bits per heavy atom. The molecule has 0 amide bonds.